The molecule has 1 fully saturated rings. The maximum absolute atomic E-state index is 4.58. The van der Waals surface area contributed by atoms with Crippen LogP contribution < -0.4 is 0 Å². The Hall–Kier alpha value is -2.14. The van der Waals surface area contributed by atoms with Crippen LogP contribution in [0.4, 0.5) is 0 Å². The van der Waals surface area contributed by atoms with Crippen molar-refractivity contribution < 1.29 is 0 Å². The van der Waals surface area contributed by atoms with Crippen LogP contribution in [0.1, 0.15) is 37.1 Å². The highest BCUT2D eigenvalue weighted by molar-refractivity contribution is 5.75. The zero-order valence-corrected chi connectivity index (χ0v) is 14.5. The molecule has 1 unspecified atom stereocenters. The largest absolute Gasteiger partial charge is 0.326 e. The van der Waals surface area contributed by atoms with Crippen molar-refractivity contribution in [1.29, 1.82) is 0 Å². The van der Waals surface area contributed by atoms with Crippen molar-refractivity contribution in [3.63, 3.8) is 0 Å². The van der Waals surface area contributed by atoms with E-state index in [-0.39, 0.29) is 0 Å². The summed E-state index contributed by atoms with van der Waals surface area (Å²) in [6.45, 7) is 5.43. The van der Waals surface area contributed by atoms with Crippen molar-refractivity contribution in [2.24, 2.45) is 7.05 Å². The van der Waals surface area contributed by atoms with Gasteiger partial charge in [0.1, 0.15) is 0 Å². The molecule has 1 saturated heterocycles. The fourth-order valence-corrected chi connectivity index (χ4v) is 3.93. The maximum atomic E-state index is 4.58. The van der Waals surface area contributed by atoms with Crippen LogP contribution in [0.15, 0.2) is 36.8 Å². The number of piperidine rings is 1. The van der Waals surface area contributed by atoms with Crippen molar-refractivity contribution in [2.75, 3.05) is 13.1 Å². The van der Waals surface area contributed by atoms with E-state index in [0.29, 0.717) is 6.04 Å². The number of aromatic nitrogens is 4. The molecule has 0 bridgehead atoms. The monoisotopic (exact) mass is 323 g/mol. The molecule has 0 radical (unpaired) electrons. The number of fused-ring (bicyclic) bond motifs is 1. The molecule has 0 N–H and O–H groups in total. The molecule has 0 saturated carbocycles. The molecule has 0 spiro atoms. The van der Waals surface area contributed by atoms with Crippen LogP contribution in [0.25, 0.3) is 11.0 Å². The van der Waals surface area contributed by atoms with Gasteiger partial charge in [-0.2, -0.15) is 5.10 Å². The summed E-state index contributed by atoms with van der Waals surface area (Å²) in [5.74, 6) is 0. The highest BCUT2D eigenvalue weighted by Crippen LogP contribution is 2.26. The molecule has 1 atom stereocenters. The van der Waals surface area contributed by atoms with Gasteiger partial charge >= 0.3 is 0 Å². The Morgan fingerprint density at radius 3 is 3.00 bits per heavy atom. The van der Waals surface area contributed by atoms with Crippen molar-refractivity contribution >= 4 is 11.0 Å². The van der Waals surface area contributed by atoms with Crippen LogP contribution >= 0.6 is 0 Å². The number of nitrogens with zero attached hydrogens (tertiary/aromatic N) is 5. The van der Waals surface area contributed by atoms with Crippen LogP contribution in [0.5, 0.6) is 0 Å². The lowest BCUT2D eigenvalue weighted by atomic mass is 10.0. The van der Waals surface area contributed by atoms with Gasteiger partial charge in [0.25, 0.3) is 0 Å². The van der Waals surface area contributed by atoms with E-state index in [0.717, 1.165) is 25.0 Å². The standard InChI is InChI=1S/C19H25N5/c1-3-17-15(11-22(2)21-17)12-23-10-6-7-16(13-23)24-14-20-18-8-4-5-9-19(18)24/h4-5,8-9,11,14,16H,3,6-7,10,12-13H2,1-2H3. The molecule has 126 valence electrons. The predicted octanol–water partition coefficient (Wildman–Crippen LogP) is 3.17. The molecular weight excluding hydrogens is 298 g/mol. The first kappa shape index (κ1) is 15.4. The third kappa shape index (κ3) is 2.84. The Morgan fingerprint density at radius 1 is 1.25 bits per heavy atom. The minimum Gasteiger partial charge on any atom is -0.326 e. The summed E-state index contributed by atoms with van der Waals surface area (Å²) in [5, 5.41) is 4.58. The van der Waals surface area contributed by atoms with E-state index in [2.05, 4.69) is 56.9 Å². The average molecular weight is 323 g/mol. The van der Waals surface area contributed by atoms with Crippen LogP contribution in [-0.2, 0) is 20.0 Å². The number of benzene rings is 1. The highest BCUT2D eigenvalue weighted by atomic mass is 15.3. The Labute approximate surface area is 142 Å². The second-order valence-corrected chi connectivity index (χ2v) is 6.80. The summed E-state index contributed by atoms with van der Waals surface area (Å²) in [6.07, 6.45) is 7.65. The van der Waals surface area contributed by atoms with E-state index in [1.165, 1.54) is 36.2 Å². The number of rotatable bonds is 4. The van der Waals surface area contributed by atoms with E-state index < -0.39 is 0 Å². The van der Waals surface area contributed by atoms with E-state index in [1.807, 2.05) is 18.1 Å². The molecule has 24 heavy (non-hydrogen) atoms. The summed E-state index contributed by atoms with van der Waals surface area (Å²) in [6, 6.07) is 8.94. The average Bonchev–Trinajstić information content (AvgIpc) is 3.18. The molecule has 1 aromatic carbocycles. The first-order chi connectivity index (χ1) is 11.7. The molecular formula is C19H25N5. The number of imidazole rings is 1. The lowest BCUT2D eigenvalue weighted by Crippen LogP contribution is -2.36. The zero-order chi connectivity index (χ0) is 16.5. The fourth-order valence-electron chi connectivity index (χ4n) is 3.93. The van der Waals surface area contributed by atoms with Gasteiger partial charge in [0.05, 0.1) is 23.1 Å². The Morgan fingerprint density at radius 2 is 2.12 bits per heavy atom. The van der Waals surface area contributed by atoms with Crippen molar-refractivity contribution in [1.82, 2.24) is 24.2 Å². The lowest BCUT2D eigenvalue weighted by molar-refractivity contribution is 0.172. The SMILES string of the molecule is CCc1nn(C)cc1CN1CCCC(n2cnc3ccccc32)C1. The quantitative estimate of drug-likeness (QED) is 0.740. The molecule has 1 aliphatic rings. The normalized spacial score (nSPS) is 19.2. The van der Waals surface area contributed by atoms with Crippen LogP contribution in [-0.4, -0.2) is 37.3 Å². The second-order valence-electron chi connectivity index (χ2n) is 6.80. The zero-order valence-electron chi connectivity index (χ0n) is 14.5. The Balaban J connectivity index is 1.53. The lowest BCUT2D eigenvalue weighted by Gasteiger charge is -2.33. The van der Waals surface area contributed by atoms with Gasteiger partial charge in [-0.25, -0.2) is 4.98 Å². The topological polar surface area (TPSA) is 38.9 Å². The maximum Gasteiger partial charge on any atom is 0.0961 e. The summed E-state index contributed by atoms with van der Waals surface area (Å²) in [5.41, 5.74) is 4.94. The Bertz CT molecular complexity index is 831. The van der Waals surface area contributed by atoms with Gasteiger partial charge in [-0.15, -0.1) is 0 Å². The molecule has 1 aliphatic heterocycles. The number of hydrogen-bond acceptors (Lipinski definition) is 3. The van der Waals surface area contributed by atoms with Crippen LogP contribution in [0.2, 0.25) is 0 Å². The van der Waals surface area contributed by atoms with Gasteiger partial charge in [0.15, 0.2) is 0 Å². The van der Waals surface area contributed by atoms with Gasteiger partial charge in [0, 0.05) is 37.9 Å². The fraction of sp³-hybridized carbons (Fsp3) is 0.474. The third-order valence-corrected chi connectivity index (χ3v) is 5.08. The summed E-state index contributed by atoms with van der Waals surface area (Å²) in [7, 11) is 2.01. The molecule has 4 rings (SSSR count). The first-order valence-electron chi connectivity index (χ1n) is 8.90. The summed E-state index contributed by atoms with van der Waals surface area (Å²) in [4.78, 5) is 7.13. The first-order valence-corrected chi connectivity index (χ1v) is 8.90. The summed E-state index contributed by atoms with van der Waals surface area (Å²) >= 11 is 0. The molecule has 3 aromatic rings. The van der Waals surface area contributed by atoms with Crippen molar-refractivity contribution in [3.05, 3.63) is 48.0 Å². The molecule has 5 nitrogen and oxygen atoms in total. The molecule has 2 aromatic heterocycles. The highest BCUT2D eigenvalue weighted by Gasteiger charge is 2.23. The Kier molecular flexibility index (Phi) is 4.10. The molecule has 5 heteroatoms. The predicted molar refractivity (Wildman–Crippen MR) is 95.9 cm³/mol. The van der Waals surface area contributed by atoms with Gasteiger partial charge in [-0.05, 0) is 37.9 Å². The van der Waals surface area contributed by atoms with Gasteiger partial charge in [-0.1, -0.05) is 19.1 Å². The van der Waals surface area contributed by atoms with E-state index in [4.69, 9.17) is 0 Å². The smallest absolute Gasteiger partial charge is 0.0961 e. The van der Waals surface area contributed by atoms with Crippen LogP contribution in [0, 0.1) is 0 Å². The molecule has 3 heterocycles. The van der Waals surface area contributed by atoms with E-state index in [1.54, 1.807) is 0 Å². The number of hydrogen-bond donors (Lipinski definition) is 0. The number of para-hydroxylation sites is 2. The molecule has 0 aliphatic carbocycles. The van der Waals surface area contributed by atoms with Gasteiger partial charge < -0.3 is 4.57 Å². The number of likely N-dealkylation sites (tertiary alicyclic amines) is 1. The third-order valence-electron chi connectivity index (χ3n) is 5.08. The second kappa shape index (κ2) is 6.40. The van der Waals surface area contributed by atoms with Gasteiger partial charge in [0.2, 0.25) is 0 Å². The minimum atomic E-state index is 0.507. The number of aryl methyl sites for hydroxylation is 2. The van der Waals surface area contributed by atoms with Gasteiger partial charge in [-0.3, -0.25) is 9.58 Å². The van der Waals surface area contributed by atoms with Crippen molar-refractivity contribution in [2.45, 2.75) is 38.8 Å². The minimum absolute atomic E-state index is 0.507. The molecule has 0 amide bonds. The van der Waals surface area contributed by atoms with E-state index in [9.17, 15) is 0 Å². The van der Waals surface area contributed by atoms with E-state index >= 15 is 0 Å². The van der Waals surface area contributed by atoms with Crippen molar-refractivity contribution in [3.8, 4) is 0 Å². The van der Waals surface area contributed by atoms with Crippen LogP contribution in [0.3, 0.4) is 0 Å². The summed E-state index contributed by atoms with van der Waals surface area (Å²) < 4.78 is 4.31.